The maximum atomic E-state index is 12.3. The second-order valence-electron chi connectivity index (χ2n) is 4.61. The monoisotopic (exact) mass is 272 g/mol. The second kappa shape index (κ2) is 6.53. The Morgan fingerprint density at radius 2 is 1.74 bits per heavy atom. The molecule has 0 radical (unpaired) electrons. The van der Waals surface area contributed by atoms with Crippen LogP contribution in [-0.4, -0.2) is 5.78 Å². The molecule has 0 N–H and O–H groups in total. The summed E-state index contributed by atoms with van der Waals surface area (Å²) in [4.78, 5) is 12.3. The van der Waals surface area contributed by atoms with E-state index in [4.69, 9.17) is 11.6 Å². The second-order valence-corrected chi connectivity index (χ2v) is 5.02. The minimum absolute atomic E-state index is 0.0207. The Hall–Kier alpha value is -1.60. The molecule has 0 amide bonds. The smallest absolute Gasteiger partial charge is 0.194 e. The third-order valence-corrected chi connectivity index (χ3v) is 3.48. The summed E-state index contributed by atoms with van der Waals surface area (Å²) in [5.74, 6) is -0.0207. The van der Waals surface area contributed by atoms with Crippen molar-refractivity contribution in [2.75, 3.05) is 0 Å². The molecule has 0 heterocycles. The normalized spacial score (nSPS) is 10.4. The van der Waals surface area contributed by atoms with Gasteiger partial charge in [-0.25, -0.2) is 0 Å². The molecule has 0 aliphatic heterocycles. The molecule has 2 heteroatoms. The maximum Gasteiger partial charge on any atom is 0.194 e. The number of hydrogen-bond donors (Lipinski definition) is 0. The quantitative estimate of drug-likeness (QED) is 0.707. The molecule has 0 saturated carbocycles. The number of aryl methyl sites for hydroxylation is 1. The largest absolute Gasteiger partial charge is 0.289 e. The van der Waals surface area contributed by atoms with Crippen LogP contribution in [0.4, 0.5) is 0 Å². The van der Waals surface area contributed by atoms with E-state index >= 15 is 0 Å². The number of ketones is 1. The van der Waals surface area contributed by atoms with Crippen molar-refractivity contribution in [2.24, 2.45) is 0 Å². The van der Waals surface area contributed by atoms with Crippen LogP contribution in [0.25, 0.3) is 0 Å². The Bertz CT molecular complexity index is 558. The lowest BCUT2D eigenvalue weighted by Crippen LogP contribution is -2.02. The molecule has 1 nitrogen and oxygen atoms in total. The highest BCUT2D eigenvalue weighted by atomic mass is 35.5. The van der Waals surface area contributed by atoms with Gasteiger partial charge in [0.25, 0.3) is 0 Å². The highest BCUT2D eigenvalue weighted by Gasteiger charge is 2.11. The molecule has 2 aromatic carbocycles. The van der Waals surface area contributed by atoms with E-state index in [2.05, 4.69) is 6.92 Å². The molecular formula is C17H17ClO. The number of halogens is 1. The van der Waals surface area contributed by atoms with Crippen molar-refractivity contribution < 1.29 is 4.79 Å². The Balaban J connectivity index is 2.18. The SMILES string of the molecule is CCCCc1ccc(C(=O)c2ccccc2Cl)cc1. The van der Waals surface area contributed by atoms with Crippen molar-refractivity contribution in [1.29, 1.82) is 0 Å². The maximum absolute atomic E-state index is 12.3. The van der Waals surface area contributed by atoms with E-state index in [1.165, 1.54) is 18.4 Å². The van der Waals surface area contributed by atoms with Gasteiger partial charge in [0, 0.05) is 11.1 Å². The third kappa shape index (κ3) is 3.45. The van der Waals surface area contributed by atoms with Gasteiger partial charge in [-0.1, -0.05) is 61.3 Å². The molecule has 0 aromatic heterocycles. The molecule has 0 saturated heterocycles. The number of rotatable bonds is 5. The number of hydrogen-bond acceptors (Lipinski definition) is 1. The van der Waals surface area contributed by atoms with Gasteiger partial charge in [0.15, 0.2) is 5.78 Å². The van der Waals surface area contributed by atoms with Crippen LogP contribution >= 0.6 is 11.6 Å². The minimum atomic E-state index is -0.0207. The lowest BCUT2D eigenvalue weighted by molar-refractivity contribution is 0.103. The predicted octanol–water partition coefficient (Wildman–Crippen LogP) is 4.91. The van der Waals surface area contributed by atoms with E-state index in [-0.39, 0.29) is 5.78 Å². The Morgan fingerprint density at radius 1 is 1.05 bits per heavy atom. The summed E-state index contributed by atoms with van der Waals surface area (Å²) in [6, 6.07) is 15.0. The first-order valence-electron chi connectivity index (χ1n) is 6.60. The zero-order valence-corrected chi connectivity index (χ0v) is 11.8. The molecule has 0 unspecified atom stereocenters. The van der Waals surface area contributed by atoms with Gasteiger partial charge in [0.05, 0.1) is 5.02 Å². The van der Waals surface area contributed by atoms with Crippen LogP contribution in [0.15, 0.2) is 48.5 Å². The summed E-state index contributed by atoms with van der Waals surface area (Å²) < 4.78 is 0. The van der Waals surface area contributed by atoms with Crippen LogP contribution in [0.3, 0.4) is 0 Å². The lowest BCUT2D eigenvalue weighted by Gasteiger charge is -2.05. The first-order chi connectivity index (χ1) is 9.22. The molecule has 0 spiro atoms. The summed E-state index contributed by atoms with van der Waals surface area (Å²) in [5, 5.41) is 0.502. The van der Waals surface area contributed by atoms with E-state index in [1.807, 2.05) is 36.4 Å². The van der Waals surface area contributed by atoms with Gasteiger partial charge in [-0.05, 0) is 30.5 Å². The fourth-order valence-electron chi connectivity index (χ4n) is 2.00. The van der Waals surface area contributed by atoms with Crippen molar-refractivity contribution in [1.82, 2.24) is 0 Å². The zero-order chi connectivity index (χ0) is 13.7. The van der Waals surface area contributed by atoms with Crippen LogP contribution in [-0.2, 0) is 6.42 Å². The van der Waals surface area contributed by atoms with Crippen molar-refractivity contribution in [3.63, 3.8) is 0 Å². The predicted molar refractivity (Wildman–Crippen MR) is 79.9 cm³/mol. The third-order valence-electron chi connectivity index (χ3n) is 3.15. The summed E-state index contributed by atoms with van der Waals surface area (Å²) >= 11 is 6.05. The topological polar surface area (TPSA) is 17.1 Å². The minimum Gasteiger partial charge on any atom is -0.289 e. The van der Waals surface area contributed by atoms with Crippen molar-refractivity contribution >= 4 is 17.4 Å². The van der Waals surface area contributed by atoms with E-state index in [0.717, 1.165) is 6.42 Å². The van der Waals surface area contributed by atoms with Crippen molar-refractivity contribution in [3.8, 4) is 0 Å². The molecule has 0 bridgehead atoms. The van der Waals surface area contributed by atoms with Crippen LogP contribution < -0.4 is 0 Å². The summed E-state index contributed by atoms with van der Waals surface area (Å²) in [6.45, 7) is 2.18. The zero-order valence-electron chi connectivity index (χ0n) is 11.0. The average molecular weight is 273 g/mol. The first-order valence-corrected chi connectivity index (χ1v) is 6.98. The van der Waals surface area contributed by atoms with Gasteiger partial charge in [0.2, 0.25) is 0 Å². The Labute approximate surface area is 119 Å². The van der Waals surface area contributed by atoms with Gasteiger partial charge in [-0.15, -0.1) is 0 Å². The molecule has 0 atom stereocenters. The fraction of sp³-hybridized carbons (Fsp3) is 0.235. The van der Waals surface area contributed by atoms with E-state index in [0.29, 0.717) is 16.1 Å². The van der Waals surface area contributed by atoms with Crippen molar-refractivity contribution in [2.45, 2.75) is 26.2 Å². The molecule has 2 rings (SSSR count). The van der Waals surface area contributed by atoms with Gasteiger partial charge < -0.3 is 0 Å². The highest BCUT2D eigenvalue weighted by molar-refractivity contribution is 6.34. The molecule has 0 fully saturated rings. The van der Waals surface area contributed by atoms with Crippen LogP contribution in [0.5, 0.6) is 0 Å². The van der Waals surface area contributed by atoms with E-state index in [1.54, 1.807) is 12.1 Å². The molecule has 98 valence electrons. The first kappa shape index (κ1) is 13.8. The summed E-state index contributed by atoms with van der Waals surface area (Å²) in [7, 11) is 0. The molecule has 0 aliphatic carbocycles. The summed E-state index contributed by atoms with van der Waals surface area (Å²) in [6.07, 6.45) is 3.43. The Morgan fingerprint density at radius 3 is 2.37 bits per heavy atom. The highest BCUT2D eigenvalue weighted by Crippen LogP contribution is 2.19. The van der Waals surface area contributed by atoms with Gasteiger partial charge >= 0.3 is 0 Å². The average Bonchev–Trinajstić information content (AvgIpc) is 2.45. The van der Waals surface area contributed by atoms with Gasteiger partial charge in [-0.2, -0.15) is 0 Å². The number of benzene rings is 2. The number of carbonyl (C=O) groups is 1. The molecular weight excluding hydrogens is 256 g/mol. The standard InChI is InChI=1S/C17H17ClO/c1-2-3-6-13-9-11-14(12-10-13)17(19)15-7-4-5-8-16(15)18/h4-5,7-12H,2-3,6H2,1H3. The summed E-state index contributed by atoms with van der Waals surface area (Å²) in [5.41, 5.74) is 2.52. The molecule has 2 aromatic rings. The number of carbonyl (C=O) groups excluding carboxylic acids is 1. The van der Waals surface area contributed by atoms with E-state index in [9.17, 15) is 4.79 Å². The fourth-order valence-corrected chi connectivity index (χ4v) is 2.23. The van der Waals surface area contributed by atoms with Crippen LogP contribution in [0.2, 0.25) is 5.02 Å². The van der Waals surface area contributed by atoms with Crippen LogP contribution in [0, 0.1) is 0 Å². The molecule has 19 heavy (non-hydrogen) atoms. The lowest BCUT2D eigenvalue weighted by atomic mass is 10.0. The van der Waals surface area contributed by atoms with Gasteiger partial charge in [-0.3, -0.25) is 4.79 Å². The number of unbranched alkanes of at least 4 members (excludes halogenated alkanes) is 1. The van der Waals surface area contributed by atoms with Crippen molar-refractivity contribution in [3.05, 3.63) is 70.2 Å². The van der Waals surface area contributed by atoms with Crippen LogP contribution in [0.1, 0.15) is 41.3 Å². The molecule has 0 aliphatic rings. The van der Waals surface area contributed by atoms with E-state index < -0.39 is 0 Å². The van der Waals surface area contributed by atoms with Gasteiger partial charge in [0.1, 0.15) is 0 Å². The Kier molecular flexibility index (Phi) is 4.75.